The van der Waals surface area contributed by atoms with E-state index in [1.807, 2.05) is 42.5 Å². The van der Waals surface area contributed by atoms with E-state index in [9.17, 15) is 14.4 Å². The lowest BCUT2D eigenvalue weighted by molar-refractivity contribution is -0.149. The fourth-order valence-corrected chi connectivity index (χ4v) is 5.04. The average Bonchev–Trinajstić information content (AvgIpc) is 3.05. The Labute approximate surface area is 216 Å². The number of fused-ring (bicyclic) bond motifs is 1. The highest BCUT2D eigenvalue weighted by molar-refractivity contribution is 8.18. The summed E-state index contributed by atoms with van der Waals surface area (Å²) in [5, 5.41) is 2.17. The summed E-state index contributed by atoms with van der Waals surface area (Å²) in [6, 6.07) is 17.2. The maximum absolute atomic E-state index is 12.7. The molecule has 1 aliphatic heterocycles. The quantitative estimate of drug-likeness (QED) is 0.250. The van der Waals surface area contributed by atoms with Gasteiger partial charge in [0.2, 0.25) is 0 Å². The van der Waals surface area contributed by atoms with Crippen LogP contribution in [0.5, 0.6) is 5.75 Å². The molecular weight excluding hydrogens is 509 g/mol. The number of halogens is 2. The van der Waals surface area contributed by atoms with Crippen LogP contribution < -0.4 is 4.74 Å². The first-order valence-corrected chi connectivity index (χ1v) is 12.3. The van der Waals surface area contributed by atoms with Crippen molar-refractivity contribution in [2.45, 2.75) is 26.6 Å². The van der Waals surface area contributed by atoms with Gasteiger partial charge in [0.15, 0.2) is 5.75 Å². The molecule has 0 atom stereocenters. The highest BCUT2D eigenvalue weighted by Gasteiger charge is 2.36. The predicted octanol–water partition coefficient (Wildman–Crippen LogP) is 6.71. The van der Waals surface area contributed by atoms with Gasteiger partial charge in [0.05, 0.1) is 21.1 Å². The van der Waals surface area contributed by atoms with Crippen LogP contribution in [0.25, 0.3) is 16.8 Å². The van der Waals surface area contributed by atoms with Crippen molar-refractivity contribution in [3.8, 4) is 5.75 Å². The molecule has 0 spiro atoms. The maximum Gasteiger partial charge on any atom is 0.326 e. The van der Waals surface area contributed by atoms with Crippen molar-refractivity contribution in [2.24, 2.45) is 0 Å². The predicted molar refractivity (Wildman–Crippen MR) is 139 cm³/mol. The van der Waals surface area contributed by atoms with E-state index in [1.165, 1.54) is 6.08 Å². The van der Waals surface area contributed by atoms with E-state index in [0.29, 0.717) is 11.3 Å². The zero-order valence-electron chi connectivity index (χ0n) is 18.9. The summed E-state index contributed by atoms with van der Waals surface area (Å²) >= 11 is 13.6. The summed E-state index contributed by atoms with van der Waals surface area (Å²) in [4.78, 5) is 37.8. The van der Waals surface area contributed by atoms with Crippen LogP contribution >= 0.6 is 35.0 Å². The topological polar surface area (TPSA) is 72.9 Å². The highest BCUT2D eigenvalue weighted by Crippen LogP contribution is 2.38. The molecule has 6 nitrogen and oxygen atoms in total. The number of carbonyl (C=O) groups is 3. The molecule has 0 saturated carbocycles. The van der Waals surface area contributed by atoms with Crippen LogP contribution in [-0.4, -0.2) is 34.7 Å². The largest absolute Gasteiger partial charge is 0.486 e. The average molecular weight is 530 g/mol. The zero-order chi connectivity index (χ0) is 25.1. The number of hydrogen-bond donors (Lipinski definition) is 0. The second-order valence-electron chi connectivity index (χ2n) is 8.05. The zero-order valence-corrected chi connectivity index (χ0v) is 21.2. The van der Waals surface area contributed by atoms with E-state index in [1.54, 1.807) is 26.0 Å². The van der Waals surface area contributed by atoms with Gasteiger partial charge < -0.3 is 9.47 Å². The van der Waals surface area contributed by atoms with Gasteiger partial charge in [0, 0.05) is 0 Å². The van der Waals surface area contributed by atoms with Crippen molar-refractivity contribution < 1.29 is 23.9 Å². The van der Waals surface area contributed by atoms with Crippen LogP contribution in [0.1, 0.15) is 25.0 Å². The molecular formula is C26H21Cl2NO5S. The Bertz CT molecular complexity index is 1330. The van der Waals surface area contributed by atoms with Crippen LogP contribution in [-0.2, 0) is 20.9 Å². The minimum absolute atomic E-state index is 0.156. The molecule has 1 heterocycles. The van der Waals surface area contributed by atoms with E-state index >= 15 is 0 Å². The van der Waals surface area contributed by atoms with Gasteiger partial charge in [-0.2, -0.15) is 0 Å². The van der Waals surface area contributed by atoms with E-state index in [4.69, 9.17) is 32.7 Å². The van der Waals surface area contributed by atoms with Gasteiger partial charge >= 0.3 is 5.97 Å². The highest BCUT2D eigenvalue weighted by atomic mass is 35.5. The SMILES string of the molecule is CC(C)OC(=O)CN1C(=O)S/C(=C/c2cc(Cl)c(OCc3cccc4ccccc34)c(Cl)c2)C1=O. The van der Waals surface area contributed by atoms with Crippen LogP contribution in [0.3, 0.4) is 0 Å². The van der Waals surface area contributed by atoms with Crippen LogP contribution in [0.2, 0.25) is 10.0 Å². The summed E-state index contributed by atoms with van der Waals surface area (Å²) in [5.74, 6) is -0.908. The minimum atomic E-state index is -0.651. The van der Waals surface area contributed by atoms with Gasteiger partial charge in [-0.05, 0) is 65.7 Å². The van der Waals surface area contributed by atoms with Gasteiger partial charge in [0.1, 0.15) is 13.2 Å². The summed E-state index contributed by atoms with van der Waals surface area (Å²) in [7, 11) is 0. The Morgan fingerprint density at radius 3 is 2.46 bits per heavy atom. The van der Waals surface area contributed by atoms with E-state index in [0.717, 1.165) is 33.0 Å². The standard InChI is InChI=1S/C26H21Cl2NO5S/c1-15(2)34-23(30)13-29-25(31)22(35-26(29)32)12-16-10-20(27)24(21(28)11-16)33-14-18-8-5-7-17-6-3-4-9-19(17)18/h3-12,15H,13-14H2,1-2H3/b22-12+. The molecule has 1 saturated heterocycles. The van der Waals surface area contributed by atoms with Crippen LogP contribution in [0.4, 0.5) is 4.79 Å². The molecule has 3 aromatic rings. The van der Waals surface area contributed by atoms with Crippen molar-refractivity contribution in [2.75, 3.05) is 6.54 Å². The number of carbonyl (C=O) groups excluding carboxylic acids is 3. The first kappa shape index (κ1) is 25.1. The second-order valence-corrected chi connectivity index (χ2v) is 9.85. The molecule has 0 unspecified atom stereocenters. The molecule has 1 fully saturated rings. The fourth-order valence-electron chi connectivity index (χ4n) is 3.59. The Hall–Kier alpha value is -3.00. The molecule has 0 radical (unpaired) electrons. The number of ether oxygens (including phenoxy) is 2. The third kappa shape index (κ3) is 5.81. The number of nitrogens with zero attached hydrogens (tertiary/aromatic N) is 1. The number of esters is 1. The molecule has 0 bridgehead atoms. The third-order valence-corrected chi connectivity index (χ3v) is 6.57. The lowest BCUT2D eigenvalue weighted by atomic mass is 10.1. The molecule has 3 aromatic carbocycles. The molecule has 180 valence electrons. The number of hydrogen-bond acceptors (Lipinski definition) is 6. The van der Waals surface area contributed by atoms with Crippen molar-refractivity contribution >= 4 is 68.9 Å². The Balaban J connectivity index is 1.50. The molecule has 4 rings (SSSR count). The Kier molecular flexibility index (Phi) is 7.69. The van der Waals surface area contributed by atoms with Crippen molar-refractivity contribution in [1.82, 2.24) is 4.90 Å². The van der Waals surface area contributed by atoms with Crippen molar-refractivity contribution in [1.29, 1.82) is 0 Å². The first-order chi connectivity index (χ1) is 16.7. The lowest BCUT2D eigenvalue weighted by Crippen LogP contribution is -2.35. The summed E-state index contributed by atoms with van der Waals surface area (Å²) in [5.41, 5.74) is 1.51. The fraction of sp³-hybridized carbons (Fsp3) is 0.192. The number of thioether (sulfide) groups is 1. The van der Waals surface area contributed by atoms with E-state index < -0.39 is 23.7 Å². The molecule has 0 aromatic heterocycles. The Morgan fingerprint density at radius 1 is 1.06 bits per heavy atom. The molecule has 1 aliphatic rings. The number of benzene rings is 3. The summed E-state index contributed by atoms with van der Waals surface area (Å²) < 4.78 is 11.0. The summed E-state index contributed by atoms with van der Waals surface area (Å²) in [6.07, 6.45) is 1.16. The van der Waals surface area contributed by atoms with Crippen LogP contribution in [0.15, 0.2) is 59.5 Å². The summed E-state index contributed by atoms with van der Waals surface area (Å²) in [6.45, 7) is 3.21. The van der Waals surface area contributed by atoms with Gasteiger partial charge in [-0.3, -0.25) is 19.3 Å². The maximum atomic E-state index is 12.7. The molecule has 2 amide bonds. The Morgan fingerprint density at radius 2 is 1.74 bits per heavy atom. The van der Waals surface area contributed by atoms with E-state index in [-0.39, 0.29) is 27.7 Å². The third-order valence-electron chi connectivity index (χ3n) is 5.10. The number of rotatable bonds is 7. The van der Waals surface area contributed by atoms with Gasteiger partial charge in [0.25, 0.3) is 11.1 Å². The van der Waals surface area contributed by atoms with Crippen molar-refractivity contribution in [3.63, 3.8) is 0 Å². The lowest BCUT2D eigenvalue weighted by Gasteiger charge is -2.13. The van der Waals surface area contributed by atoms with Crippen molar-refractivity contribution in [3.05, 3.63) is 80.7 Å². The van der Waals surface area contributed by atoms with Gasteiger partial charge in [-0.15, -0.1) is 0 Å². The van der Waals surface area contributed by atoms with Gasteiger partial charge in [-0.25, -0.2) is 0 Å². The number of amides is 2. The first-order valence-electron chi connectivity index (χ1n) is 10.8. The molecule has 0 aliphatic carbocycles. The molecule has 35 heavy (non-hydrogen) atoms. The molecule has 9 heteroatoms. The smallest absolute Gasteiger partial charge is 0.326 e. The van der Waals surface area contributed by atoms with E-state index in [2.05, 4.69) is 0 Å². The normalized spacial score (nSPS) is 14.9. The second kappa shape index (κ2) is 10.7. The number of imide groups is 1. The monoisotopic (exact) mass is 529 g/mol. The minimum Gasteiger partial charge on any atom is -0.486 e. The van der Waals surface area contributed by atoms with Gasteiger partial charge in [-0.1, -0.05) is 65.7 Å². The molecule has 0 N–H and O–H groups in total. The van der Waals surface area contributed by atoms with Crippen LogP contribution in [0, 0.1) is 0 Å².